The van der Waals surface area contributed by atoms with Crippen LogP contribution in [0, 0.1) is 5.41 Å². The third-order valence-electron chi connectivity index (χ3n) is 6.65. The van der Waals surface area contributed by atoms with Crippen molar-refractivity contribution in [3.8, 4) is 11.5 Å². The number of benzene rings is 2. The highest BCUT2D eigenvalue weighted by atomic mass is 16.5. The van der Waals surface area contributed by atoms with E-state index in [2.05, 4.69) is 20.2 Å². The van der Waals surface area contributed by atoms with Gasteiger partial charge in [0.1, 0.15) is 11.9 Å². The summed E-state index contributed by atoms with van der Waals surface area (Å²) in [7, 11) is 0. The van der Waals surface area contributed by atoms with Crippen molar-refractivity contribution in [1.82, 2.24) is 9.97 Å². The number of aromatic nitrogens is 2. The van der Waals surface area contributed by atoms with Gasteiger partial charge in [-0.1, -0.05) is 36.4 Å². The maximum atomic E-state index is 12.7. The van der Waals surface area contributed by atoms with Crippen LogP contribution >= 0.6 is 0 Å². The molecular formula is C30H36N4O5. The maximum absolute atomic E-state index is 12.7. The highest BCUT2D eigenvalue weighted by Gasteiger charge is 2.27. The number of hydrogen-bond acceptors (Lipinski definition) is 7. The average Bonchev–Trinajstić information content (AvgIpc) is 2.91. The van der Waals surface area contributed by atoms with E-state index in [-0.39, 0.29) is 24.4 Å². The Morgan fingerprint density at radius 2 is 1.79 bits per heavy atom. The summed E-state index contributed by atoms with van der Waals surface area (Å²) in [5, 5.41) is 12.1. The minimum atomic E-state index is -0.851. The van der Waals surface area contributed by atoms with E-state index in [1.165, 1.54) is 0 Å². The van der Waals surface area contributed by atoms with Crippen molar-refractivity contribution in [3.05, 3.63) is 71.9 Å². The largest absolute Gasteiger partial charge is 0.490 e. The number of carbonyl (C=O) groups is 2. The van der Waals surface area contributed by atoms with Gasteiger partial charge in [-0.15, -0.1) is 0 Å². The standard InChI is InChI=1S/C30H36N4O5/c1-4-38-24-9-5-6-10-25(24)39-23-8-7-17-34(20-23)26-15-16-31-29(32-26)33-27(35)18-21-11-13-22(14-12-21)19-30(2,3)28(36)37/h5-6,9-16,23H,4,7-8,17-20H2,1-3H3,(H,36,37)(H,31,32,33,35)/t23-/m1/s1. The number of carbonyl (C=O) groups excluding carboxylic acids is 1. The Morgan fingerprint density at radius 1 is 1.08 bits per heavy atom. The molecule has 0 unspecified atom stereocenters. The second kappa shape index (κ2) is 12.6. The number of nitrogens with zero attached hydrogens (tertiary/aromatic N) is 3. The summed E-state index contributed by atoms with van der Waals surface area (Å²) in [6.07, 6.45) is 4.08. The number of piperidine rings is 1. The minimum absolute atomic E-state index is 0.0163. The molecule has 206 valence electrons. The second-order valence-electron chi connectivity index (χ2n) is 10.4. The van der Waals surface area contributed by atoms with E-state index in [0.29, 0.717) is 19.6 Å². The third kappa shape index (κ3) is 7.69. The van der Waals surface area contributed by atoms with Crippen molar-refractivity contribution < 1.29 is 24.2 Å². The van der Waals surface area contributed by atoms with E-state index in [4.69, 9.17) is 9.47 Å². The summed E-state index contributed by atoms with van der Waals surface area (Å²) in [5.41, 5.74) is 0.882. The summed E-state index contributed by atoms with van der Waals surface area (Å²) >= 11 is 0. The normalized spacial score (nSPS) is 15.5. The Kier molecular flexibility index (Phi) is 9.01. The molecule has 1 aliphatic heterocycles. The molecule has 9 nitrogen and oxygen atoms in total. The zero-order valence-corrected chi connectivity index (χ0v) is 22.7. The highest BCUT2D eigenvalue weighted by molar-refractivity contribution is 5.90. The first-order valence-corrected chi connectivity index (χ1v) is 13.3. The molecule has 1 amide bonds. The monoisotopic (exact) mass is 532 g/mol. The predicted molar refractivity (Wildman–Crippen MR) is 149 cm³/mol. The van der Waals surface area contributed by atoms with Gasteiger partial charge in [0, 0.05) is 12.7 Å². The summed E-state index contributed by atoms with van der Waals surface area (Å²) in [6.45, 7) is 7.42. The number of amides is 1. The fourth-order valence-electron chi connectivity index (χ4n) is 4.55. The van der Waals surface area contributed by atoms with E-state index < -0.39 is 11.4 Å². The van der Waals surface area contributed by atoms with Crippen LogP contribution in [0.15, 0.2) is 60.8 Å². The van der Waals surface area contributed by atoms with Gasteiger partial charge in [0.05, 0.1) is 25.0 Å². The predicted octanol–water partition coefficient (Wildman–Crippen LogP) is 4.76. The number of aliphatic carboxylic acids is 1. The van der Waals surface area contributed by atoms with Crippen LogP contribution in [0.4, 0.5) is 11.8 Å². The van der Waals surface area contributed by atoms with E-state index in [1.54, 1.807) is 20.0 Å². The van der Waals surface area contributed by atoms with Crippen LogP contribution in [0.2, 0.25) is 0 Å². The molecule has 0 saturated carbocycles. The van der Waals surface area contributed by atoms with Crippen molar-refractivity contribution in [3.63, 3.8) is 0 Å². The molecule has 0 bridgehead atoms. The van der Waals surface area contributed by atoms with Gasteiger partial charge in [-0.3, -0.25) is 14.9 Å². The first-order valence-electron chi connectivity index (χ1n) is 13.3. The number of nitrogens with one attached hydrogen (secondary N) is 1. The summed E-state index contributed by atoms with van der Waals surface area (Å²) in [6, 6.07) is 17.0. The van der Waals surface area contributed by atoms with Gasteiger partial charge in [0.25, 0.3) is 0 Å². The van der Waals surface area contributed by atoms with E-state index >= 15 is 0 Å². The molecule has 9 heteroatoms. The summed E-state index contributed by atoms with van der Waals surface area (Å²) in [4.78, 5) is 35.0. The van der Waals surface area contributed by atoms with Gasteiger partial charge in [-0.25, -0.2) is 4.98 Å². The number of rotatable bonds is 11. The van der Waals surface area contributed by atoms with Crippen LogP contribution in [0.5, 0.6) is 11.5 Å². The van der Waals surface area contributed by atoms with Gasteiger partial charge < -0.3 is 19.5 Å². The van der Waals surface area contributed by atoms with Crippen molar-refractivity contribution in [2.45, 2.75) is 52.6 Å². The van der Waals surface area contributed by atoms with Crippen molar-refractivity contribution in [1.29, 1.82) is 0 Å². The molecule has 0 spiro atoms. The number of anilines is 2. The van der Waals surface area contributed by atoms with E-state index in [9.17, 15) is 14.7 Å². The number of carboxylic acids is 1. The van der Waals surface area contributed by atoms with Crippen LogP contribution in [-0.2, 0) is 22.4 Å². The molecule has 1 atom stereocenters. The Balaban J connectivity index is 1.34. The minimum Gasteiger partial charge on any atom is -0.490 e. The smallest absolute Gasteiger partial charge is 0.309 e. The molecule has 2 N–H and O–H groups in total. The molecule has 39 heavy (non-hydrogen) atoms. The molecule has 0 aliphatic carbocycles. The van der Waals surface area contributed by atoms with E-state index in [1.807, 2.05) is 61.5 Å². The van der Waals surface area contributed by atoms with Crippen molar-refractivity contribution >= 4 is 23.6 Å². The number of ether oxygens (including phenoxy) is 2. The van der Waals surface area contributed by atoms with Crippen molar-refractivity contribution in [2.24, 2.45) is 5.41 Å². The summed E-state index contributed by atoms with van der Waals surface area (Å²) < 4.78 is 12.0. The Morgan fingerprint density at radius 3 is 2.51 bits per heavy atom. The lowest BCUT2D eigenvalue weighted by molar-refractivity contribution is -0.146. The molecule has 2 heterocycles. The van der Waals surface area contributed by atoms with Crippen LogP contribution in [-0.4, -0.2) is 52.8 Å². The fourth-order valence-corrected chi connectivity index (χ4v) is 4.55. The Bertz CT molecular complexity index is 1280. The van der Waals surface area contributed by atoms with Crippen LogP contribution in [0.25, 0.3) is 0 Å². The quantitative estimate of drug-likeness (QED) is 0.363. The number of para-hydroxylation sites is 2. The molecule has 3 aromatic rings. The summed E-state index contributed by atoms with van der Waals surface area (Å²) in [5.74, 6) is 1.40. The number of hydrogen-bond donors (Lipinski definition) is 2. The zero-order valence-electron chi connectivity index (χ0n) is 22.7. The third-order valence-corrected chi connectivity index (χ3v) is 6.65. The topological polar surface area (TPSA) is 114 Å². The molecule has 4 rings (SSSR count). The molecule has 1 saturated heterocycles. The fraction of sp³-hybridized carbons (Fsp3) is 0.400. The van der Waals surface area contributed by atoms with Crippen LogP contribution in [0.3, 0.4) is 0 Å². The molecule has 1 aromatic heterocycles. The van der Waals surface area contributed by atoms with Gasteiger partial charge >= 0.3 is 5.97 Å². The van der Waals surface area contributed by atoms with Gasteiger partial charge in [0.2, 0.25) is 11.9 Å². The molecule has 2 aromatic carbocycles. The lowest BCUT2D eigenvalue weighted by Gasteiger charge is -2.34. The maximum Gasteiger partial charge on any atom is 0.309 e. The molecule has 0 radical (unpaired) electrons. The first-order chi connectivity index (χ1) is 18.7. The van der Waals surface area contributed by atoms with Gasteiger partial charge in [0.15, 0.2) is 11.5 Å². The van der Waals surface area contributed by atoms with Gasteiger partial charge in [-0.2, -0.15) is 4.98 Å². The highest BCUT2D eigenvalue weighted by Crippen LogP contribution is 2.30. The Hall–Kier alpha value is -4.14. The van der Waals surface area contributed by atoms with Crippen molar-refractivity contribution in [2.75, 3.05) is 29.9 Å². The van der Waals surface area contributed by atoms with Gasteiger partial charge in [-0.05, 0) is 69.4 Å². The number of carboxylic acid groups (broad SMARTS) is 1. The van der Waals surface area contributed by atoms with Crippen LogP contribution < -0.4 is 19.7 Å². The second-order valence-corrected chi connectivity index (χ2v) is 10.4. The Labute approximate surface area is 229 Å². The zero-order chi connectivity index (χ0) is 27.8. The lowest BCUT2D eigenvalue weighted by atomic mass is 9.86. The SMILES string of the molecule is CCOc1ccccc1O[C@@H]1CCCN(c2ccnc(NC(=O)Cc3ccc(CC(C)(C)C(=O)O)cc3)n2)C1. The molecule has 1 fully saturated rings. The molecule has 1 aliphatic rings. The first kappa shape index (κ1) is 27.9. The van der Waals surface area contributed by atoms with E-state index in [0.717, 1.165) is 47.8 Å². The molecular weight excluding hydrogens is 496 g/mol. The van der Waals surface area contributed by atoms with Crippen LogP contribution in [0.1, 0.15) is 44.7 Å². The average molecular weight is 533 g/mol. The lowest BCUT2D eigenvalue weighted by Crippen LogP contribution is -2.41.